The molecule has 4 aromatic rings. The van der Waals surface area contributed by atoms with E-state index >= 15 is 0 Å². The summed E-state index contributed by atoms with van der Waals surface area (Å²) in [6.45, 7) is 2.34. The van der Waals surface area contributed by atoms with Crippen LogP contribution in [0, 0.1) is 5.41 Å². The molecule has 0 aliphatic heterocycles. The molecular formula is C27H27ClN6O2. The van der Waals surface area contributed by atoms with Crippen LogP contribution >= 0.6 is 11.6 Å². The Morgan fingerprint density at radius 1 is 1.11 bits per heavy atom. The van der Waals surface area contributed by atoms with E-state index in [1.165, 1.54) is 6.21 Å². The van der Waals surface area contributed by atoms with Crippen LogP contribution in [0.3, 0.4) is 0 Å². The second-order valence-electron chi connectivity index (χ2n) is 8.10. The summed E-state index contributed by atoms with van der Waals surface area (Å²) in [7, 11) is 0. The van der Waals surface area contributed by atoms with E-state index in [-0.39, 0.29) is 5.91 Å². The second kappa shape index (κ2) is 11.5. The number of alkyl halides is 1. The molecule has 8 nitrogen and oxygen atoms in total. The van der Waals surface area contributed by atoms with Crippen molar-refractivity contribution in [3.8, 4) is 17.1 Å². The molecule has 0 fully saturated rings. The zero-order chi connectivity index (χ0) is 25.5. The van der Waals surface area contributed by atoms with Gasteiger partial charge in [0.15, 0.2) is 5.82 Å². The molecule has 0 aliphatic carbocycles. The first-order valence-corrected chi connectivity index (χ1v) is 12.1. The van der Waals surface area contributed by atoms with E-state index in [4.69, 9.17) is 37.4 Å². The molecule has 0 saturated heterocycles. The summed E-state index contributed by atoms with van der Waals surface area (Å²) < 4.78 is 5.71. The maximum Gasteiger partial charge on any atom is 0.224 e. The molecule has 0 bridgehead atoms. The van der Waals surface area contributed by atoms with Crippen LogP contribution in [0.1, 0.15) is 25.3 Å². The Morgan fingerprint density at radius 2 is 1.97 bits per heavy atom. The number of nitrogens with zero attached hydrogens (tertiary/aromatic N) is 2. The number of nitrogens with one attached hydrogen (secondary N) is 3. The fourth-order valence-corrected chi connectivity index (χ4v) is 3.76. The van der Waals surface area contributed by atoms with Gasteiger partial charge in [-0.2, -0.15) is 0 Å². The fourth-order valence-electron chi connectivity index (χ4n) is 3.68. The summed E-state index contributed by atoms with van der Waals surface area (Å²) in [4.78, 5) is 21.7. The van der Waals surface area contributed by atoms with Crippen molar-refractivity contribution in [2.75, 3.05) is 28.9 Å². The van der Waals surface area contributed by atoms with Gasteiger partial charge in [0.25, 0.3) is 0 Å². The van der Waals surface area contributed by atoms with Gasteiger partial charge in [0.2, 0.25) is 5.91 Å². The molecule has 4 rings (SSSR count). The molecule has 1 heterocycles. The Hall–Kier alpha value is -4.17. The van der Waals surface area contributed by atoms with E-state index in [0.29, 0.717) is 58.8 Å². The smallest absolute Gasteiger partial charge is 0.224 e. The summed E-state index contributed by atoms with van der Waals surface area (Å²) in [5.41, 5.74) is 9.95. The minimum Gasteiger partial charge on any atom is -0.492 e. The molecule has 3 aromatic carbocycles. The van der Waals surface area contributed by atoms with Gasteiger partial charge in [0.1, 0.15) is 18.2 Å². The average molecular weight is 503 g/mol. The third-order valence-corrected chi connectivity index (χ3v) is 5.55. The van der Waals surface area contributed by atoms with Gasteiger partial charge in [0.05, 0.1) is 11.4 Å². The Bertz CT molecular complexity index is 1410. The molecule has 9 heteroatoms. The summed E-state index contributed by atoms with van der Waals surface area (Å²) >= 11 is 5.78. The lowest BCUT2D eigenvalue weighted by molar-refractivity contribution is -0.116. The minimum atomic E-state index is -0.0359. The number of carbonyl (C=O) groups is 1. The van der Waals surface area contributed by atoms with Gasteiger partial charge < -0.3 is 26.5 Å². The van der Waals surface area contributed by atoms with E-state index in [0.717, 1.165) is 23.1 Å². The maximum atomic E-state index is 12.1. The molecular weight excluding hydrogens is 476 g/mol. The number of nitrogens with two attached hydrogens (primary N) is 1. The van der Waals surface area contributed by atoms with Crippen LogP contribution in [-0.4, -0.2) is 34.6 Å². The van der Waals surface area contributed by atoms with Gasteiger partial charge in [-0.1, -0.05) is 19.1 Å². The minimum absolute atomic E-state index is 0.0359. The van der Waals surface area contributed by atoms with Crippen LogP contribution in [-0.2, 0) is 4.79 Å². The summed E-state index contributed by atoms with van der Waals surface area (Å²) in [5.74, 6) is 2.05. The Labute approximate surface area is 214 Å². The van der Waals surface area contributed by atoms with Crippen molar-refractivity contribution in [2.24, 2.45) is 0 Å². The number of ether oxygens (including phenoxy) is 1. The van der Waals surface area contributed by atoms with Crippen LogP contribution in [0.2, 0.25) is 0 Å². The van der Waals surface area contributed by atoms with Crippen molar-refractivity contribution >= 4 is 57.5 Å². The van der Waals surface area contributed by atoms with Crippen molar-refractivity contribution < 1.29 is 9.53 Å². The van der Waals surface area contributed by atoms with Crippen LogP contribution in [0.5, 0.6) is 5.75 Å². The number of halogens is 1. The zero-order valence-electron chi connectivity index (χ0n) is 19.8. The highest BCUT2D eigenvalue weighted by atomic mass is 35.5. The van der Waals surface area contributed by atoms with Gasteiger partial charge in [-0.25, -0.2) is 9.97 Å². The van der Waals surface area contributed by atoms with Crippen LogP contribution in [0.4, 0.5) is 22.9 Å². The third kappa shape index (κ3) is 5.90. The molecule has 184 valence electrons. The molecule has 0 saturated carbocycles. The SMILES string of the molecule is CCCC(=O)Nc1cccc(-c2nc(Nc3ccc(N)c(C=N)c3)c3cc(OCCCl)ccc3n2)c1. The molecule has 36 heavy (non-hydrogen) atoms. The number of nitrogen functional groups attached to an aromatic ring is 1. The first-order chi connectivity index (χ1) is 17.5. The number of aromatic nitrogens is 2. The number of benzene rings is 3. The number of rotatable bonds is 10. The summed E-state index contributed by atoms with van der Waals surface area (Å²) in [6.07, 6.45) is 2.44. The van der Waals surface area contributed by atoms with Gasteiger partial charge in [0, 0.05) is 46.2 Å². The average Bonchev–Trinajstić information content (AvgIpc) is 2.88. The van der Waals surface area contributed by atoms with E-state index in [1.807, 2.05) is 55.5 Å². The number of fused-ring (bicyclic) bond motifs is 1. The summed E-state index contributed by atoms with van der Waals surface area (Å²) in [5, 5.41) is 14.6. The lowest BCUT2D eigenvalue weighted by Gasteiger charge is -2.14. The van der Waals surface area contributed by atoms with Crippen molar-refractivity contribution in [3.05, 3.63) is 66.2 Å². The van der Waals surface area contributed by atoms with Gasteiger partial charge in [-0.05, 0) is 55.0 Å². The first-order valence-electron chi connectivity index (χ1n) is 11.6. The van der Waals surface area contributed by atoms with Gasteiger partial charge in [-0.3, -0.25) is 4.79 Å². The van der Waals surface area contributed by atoms with E-state index < -0.39 is 0 Å². The molecule has 0 atom stereocenters. The summed E-state index contributed by atoms with van der Waals surface area (Å²) in [6, 6.07) is 18.4. The number of hydrogen-bond donors (Lipinski definition) is 4. The van der Waals surface area contributed by atoms with Crippen LogP contribution in [0.15, 0.2) is 60.7 Å². The molecule has 0 radical (unpaired) electrons. The fraction of sp³-hybridized carbons (Fsp3) is 0.185. The van der Waals surface area contributed by atoms with Crippen molar-refractivity contribution in [2.45, 2.75) is 19.8 Å². The normalized spacial score (nSPS) is 10.7. The van der Waals surface area contributed by atoms with Crippen molar-refractivity contribution in [1.82, 2.24) is 9.97 Å². The van der Waals surface area contributed by atoms with E-state index in [9.17, 15) is 4.79 Å². The molecule has 0 aliphatic rings. The lowest BCUT2D eigenvalue weighted by Crippen LogP contribution is -2.10. The van der Waals surface area contributed by atoms with Crippen molar-refractivity contribution in [1.29, 1.82) is 5.41 Å². The zero-order valence-corrected chi connectivity index (χ0v) is 20.6. The first kappa shape index (κ1) is 24.9. The molecule has 0 spiro atoms. The number of amides is 1. The predicted octanol–water partition coefficient (Wildman–Crippen LogP) is 5.98. The molecule has 0 unspecified atom stereocenters. The highest BCUT2D eigenvalue weighted by molar-refractivity contribution is 6.18. The molecule has 5 N–H and O–H groups in total. The monoisotopic (exact) mass is 502 g/mol. The third-order valence-electron chi connectivity index (χ3n) is 5.40. The van der Waals surface area contributed by atoms with Crippen molar-refractivity contribution in [3.63, 3.8) is 0 Å². The van der Waals surface area contributed by atoms with Gasteiger partial charge in [-0.15, -0.1) is 11.6 Å². The van der Waals surface area contributed by atoms with Crippen LogP contribution in [0.25, 0.3) is 22.3 Å². The molecule has 1 amide bonds. The number of hydrogen-bond acceptors (Lipinski definition) is 7. The van der Waals surface area contributed by atoms with Crippen LogP contribution < -0.4 is 21.1 Å². The van der Waals surface area contributed by atoms with E-state index in [2.05, 4.69) is 10.6 Å². The predicted molar refractivity (Wildman–Crippen MR) is 147 cm³/mol. The molecule has 1 aromatic heterocycles. The largest absolute Gasteiger partial charge is 0.492 e. The lowest BCUT2D eigenvalue weighted by atomic mass is 10.1. The van der Waals surface area contributed by atoms with E-state index in [1.54, 1.807) is 12.1 Å². The maximum absolute atomic E-state index is 12.1. The van der Waals surface area contributed by atoms with Gasteiger partial charge >= 0.3 is 0 Å². The standard InChI is InChI=1S/C27H27ClN6O2/c1-2-4-25(35)31-19-6-3-5-17(13-19)26-33-24-10-8-21(36-12-11-28)15-22(24)27(34-26)32-20-7-9-23(30)18(14-20)16-29/h3,5-10,13-16,29H,2,4,11-12,30H2,1H3,(H,31,35)(H,32,33,34). The number of anilines is 4. The highest BCUT2D eigenvalue weighted by Crippen LogP contribution is 2.31. The second-order valence-corrected chi connectivity index (χ2v) is 8.48. The topological polar surface area (TPSA) is 126 Å². The quantitative estimate of drug-likeness (QED) is 0.120. The Morgan fingerprint density at radius 3 is 2.75 bits per heavy atom. The Balaban J connectivity index is 1.78. The Kier molecular flexibility index (Phi) is 7.97. The highest BCUT2D eigenvalue weighted by Gasteiger charge is 2.13. The number of carbonyl (C=O) groups excluding carboxylic acids is 1.